The number of benzene rings is 1. The Balaban J connectivity index is 0.000000531. The highest BCUT2D eigenvalue weighted by Crippen LogP contribution is 2.14. The summed E-state index contributed by atoms with van der Waals surface area (Å²) < 4.78 is 0. The van der Waals surface area contributed by atoms with Crippen molar-refractivity contribution in [2.45, 2.75) is 20.8 Å². The van der Waals surface area contributed by atoms with Gasteiger partial charge in [-0.25, -0.2) is 0 Å². The third kappa shape index (κ3) is 2.39. The van der Waals surface area contributed by atoms with Gasteiger partial charge in [-0.1, -0.05) is 25.4 Å². The van der Waals surface area contributed by atoms with E-state index in [0.717, 1.165) is 11.1 Å². The van der Waals surface area contributed by atoms with Crippen LogP contribution >= 0.6 is 11.6 Å². The average molecular weight is 224 g/mol. The van der Waals surface area contributed by atoms with Crippen molar-refractivity contribution in [1.29, 1.82) is 0 Å². The fourth-order valence-electron chi connectivity index (χ4n) is 1.30. The zero-order chi connectivity index (χ0) is 11.4. The minimum atomic E-state index is 0.0606. The van der Waals surface area contributed by atoms with Crippen LogP contribution in [-0.2, 0) is 0 Å². The van der Waals surface area contributed by atoms with Crippen molar-refractivity contribution in [3.8, 4) is 0 Å². The molecule has 2 aromatic rings. The lowest BCUT2D eigenvalue weighted by molar-refractivity contribution is 1.30. The van der Waals surface area contributed by atoms with Gasteiger partial charge in [0.2, 0.25) is 0 Å². The van der Waals surface area contributed by atoms with E-state index in [1.54, 1.807) is 31.3 Å². The van der Waals surface area contributed by atoms with Gasteiger partial charge in [0.15, 0.2) is 5.43 Å². The fourth-order valence-corrected chi connectivity index (χ4v) is 1.47. The number of pyridine rings is 1. The standard InChI is InChI=1S/C10H8ClNO.C2H6/c1-6-5-12-9-4-7(11)2-3-8(9)10(6)13;1-2/h2-5H,1H3,(H,12,13);1-2H3. The molecule has 2 nitrogen and oxygen atoms in total. The Labute approximate surface area is 93.9 Å². The van der Waals surface area contributed by atoms with Crippen LogP contribution in [0.25, 0.3) is 10.9 Å². The van der Waals surface area contributed by atoms with Gasteiger partial charge in [-0.05, 0) is 25.1 Å². The van der Waals surface area contributed by atoms with E-state index in [-0.39, 0.29) is 5.43 Å². The van der Waals surface area contributed by atoms with Gasteiger partial charge in [0.1, 0.15) is 0 Å². The Kier molecular flexibility index (Phi) is 3.92. The number of fused-ring (bicyclic) bond motifs is 1. The number of halogens is 1. The summed E-state index contributed by atoms with van der Waals surface area (Å²) in [7, 11) is 0. The van der Waals surface area contributed by atoms with Crippen molar-refractivity contribution in [1.82, 2.24) is 4.98 Å². The van der Waals surface area contributed by atoms with Crippen LogP contribution < -0.4 is 5.43 Å². The Bertz CT molecular complexity index is 517. The molecule has 0 spiro atoms. The minimum absolute atomic E-state index is 0.0606. The molecular formula is C12H14ClNO. The molecule has 80 valence electrons. The van der Waals surface area contributed by atoms with Crippen LogP contribution in [0.4, 0.5) is 0 Å². The first-order valence-electron chi connectivity index (χ1n) is 4.96. The summed E-state index contributed by atoms with van der Waals surface area (Å²) in [6, 6.07) is 5.21. The number of aromatic amines is 1. The quantitative estimate of drug-likeness (QED) is 0.729. The maximum absolute atomic E-state index is 11.6. The smallest absolute Gasteiger partial charge is 0.192 e. The Morgan fingerprint density at radius 3 is 2.60 bits per heavy atom. The zero-order valence-electron chi connectivity index (χ0n) is 9.10. The second kappa shape index (κ2) is 4.99. The average Bonchev–Trinajstić information content (AvgIpc) is 2.26. The summed E-state index contributed by atoms with van der Waals surface area (Å²) in [5.41, 5.74) is 1.56. The summed E-state index contributed by atoms with van der Waals surface area (Å²) in [5.74, 6) is 0. The van der Waals surface area contributed by atoms with Gasteiger partial charge < -0.3 is 4.98 Å². The first-order valence-corrected chi connectivity index (χ1v) is 5.34. The molecule has 1 aromatic heterocycles. The van der Waals surface area contributed by atoms with E-state index < -0.39 is 0 Å². The van der Waals surface area contributed by atoms with Crippen molar-refractivity contribution < 1.29 is 0 Å². The Morgan fingerprint density at radius 2 is 1.93 bits per heavy atom. The Hall–Kier alpha value is -1.28. The van der Waals surface area contributed by atoms with E-state index in [0.29, 0.717) is 10.4 Å². The van der Waals surface area contributed by atoms with Crippen LogP contribution in [0, 0.1) is 6.92 Å². The lowest BCUT2D eigenvalue weighted by Gasteiger charge is -1.98. The molecule has 0 bridgehead atoms. The molecule has 0 saturated heterocycles. The largest absolute Gasteiger partial charge is 0.361 e. The van der Waals surface area contributed by atoms with Gasteiger partial charge in [0.05, 0.1) is 5.52 Å². The molecule has 0 saturated carbocycles. The van der Waals surface area contributed by atoms with E-state index in [9.17, 15) is 4.79 Å². The van der Waals surface area contributed by atoms with Crippen LogP contribution in [0.3, 0.4) is 0 Å². The third-order valence-electron chi connectivity index (χ3n) is 2.03. The summed E-state index contributed by atoms with van der Waals surface area (Å²) in [4.78, 5) is 14.6. The predicted molar refractivity (Wildman–Crippen MR) is 65.7 cm³/mol. The molecule has 1 heterocycles. The SMILES string of the molecule is CC.Cc1c[nH]c2cc(Cl)ccc2c1=O. The predicted octanol–water partition coefficient (Wildman–Crippen LogP) is 3.52. The van der Waals surface area contributed by atoms with Gasteiger partial charge in [-0.2, -0.15) is 0 Å². The maximum Gasteiger partial charge on any atom is 0.192 e. The van der Waals surface area contributed by atoms with E-state index in [1.807, 2.05) is 13.8 Å². The number of rotatable bonds is 0. The first-order chi connectivity index (χ1) is 7.18. The molecular weight excluding hydrogens is 210 g/mol. The van der Waals surface area contributed by atoms with Crippen LogP contribution in [0.5, 0.6) is 0 Å². The molecule has 0 aliphatic heterocycles. The van der Waals surface area contributed by atoms with Crippen molar-refractivity contribution in [3.05, 3.63) is 45.2 Å². The molecule has 0 unspecified atom stereocenters. The van der Waals surface area contributed by atoms with Gasteiger partial charge in [0.25, 0.3) is 0 Å². The summed E-state index contributed by atoms with van der Waals surface area (Å²) in [6.45, 7) is 5.78. The second-order valence-electron chi connectivity index (χ2n) is 2.99. The molecule has 0 radical (unpaired) electrons. The third-order valence-corrected chi connectivity index (χ3v) is 2.26. The second-order valence-corrected chi connectivity index (χ2v) is 3.43. The molecule has 0 fully saturated rings. The van der Waals surface area contributed by atoms with Crippen molar-refractivity contribution in [2.75, 3.05) is 0 Å². The number of hydrogen-bond acceptors (Lipinski definition) is 1. The zero-order valence-corrected chi connectivity index (χ0v) is 9.85. The van der Waals surface area contributed by atoms with Crippen LogP contribution in [0.1, 0.15) is 19.4 Å². The molecule has 0 amide bonds. The van der Waals surface area contributed by atoms with E-state index >= 15 is 0 Å². The van der Waals surface area contributed by atoms with Crippen molar-refractivity contribution in [2.24, 2.45) is 0 Å². The summed E-state index contributed by atoms with van der Waals surface area (Å²) in [6.07, 6.45) is 1.70. The molecule has 2 rings (SSSR count). The minimum Gasteiger partial charge on any atom is -0.361 e. The van der Waals surface area contributed by atoms with Gasteiger partial charge in [0, 0.05) is 22.2 Å². The summed E-state index contributed by atoms with van der Waals surface area (Å²) in [5, 5.41) is 1.32. The molecule has 0 aliphatic rings. The molecule has 1 N–H and O–H groups in total. The number of aryl methyl sites for hydroxylation is 1. The number of aromatic nitrogens is 1. The van der Waals surface area contributed by atoms with Gasteiger partial charge in [-0.3, -0.25) is 4.79 Å². The highest BCUT2D eigenvalue weighted by Gasteiger charge is 2.00. The van der Waals surface area contributed by atoms with E-state index in [4.69, 9.17) is 11.6 Å². The fraction of sp³-hybridized carbons (Fsp3) is 0.250. The molecule has 0 aliphatic carbocycles. The van der Waals surface area contributed by atoms with E-state index in [2.05, 4.69) is 4.98 Å². The van der Waals surface area contributed by atoms with Crippen LogP contribution in [-0.4, -0.2) is 4.98 Å². The monoisotopic (exact) mass is 223 g/mol. The van der Waals surface area contributed by atoms with E-state index in [1.165, 1.54) is 0 Å². The van der Waals surface area contributed by atoms with Crippen LogP contribution in [0.15, 0.2) is 29.2 Å². The van der Waals surface area contributed by atoms with Gasteiger partial charge >= 0.3 is 0 Å². The molecule has 0 atom stereocenters. The maximum atomic E-state index is 11.6. The van der Waals surface area contributed by atoms with Gasteiger partial charge in [-0.15, -0.1) is 0 Å². The topological polar surface area (TPSA) is 32.9 Å². The number of hydrogen-bond donors (Lipinski definition) is 1. The molecule has 1 aromatic carbocycles. The highest BCUT2D eigenvalue weighted by atomic mass is 35.5. The Morgan fingerprint density at radius 1 is 1.27 bits per heavy atom. The summed E-state index contributed by atoms with van der Waals surface area (Å²) >= 11 is 5.79. The van der Waals surface area contributed by atoms with Crippen molar-refractivity contribution in [3.63, 3.8) is 0 Å². The normalized spacial score (nSPS) is 9.60. The lowest BCUT2D eigenvalue weighted by Crippen LogP contribution is -2.05. The van der Waals surface area contributed by atoms with Crippen molar-refractivity contribution >= 4 is 22.5 Å². The number of H-pyrrole nitrogens is 1. The molecule has 3 heteroatoms. The van der Waals surface area contributed by atoms with Crippen LogP contribution in [0.2, 0.25) is 5.02 Å². The highest BCUT2D eigenvalue weighted by molar-refractivity contribution is 6.31. The molecule has 15 heavy (non-hydrogen) atoms. The number of nitrogens with one attached hydrogen (secondary N) is 1. The lowest BCUT2D eigenvalue weighted by atomic mass is 10.2. The first kappa shape index (κ1) is 11.8.